The van der Waals surface area contributed by atoms with Crippen LogP contribution in [0.1, 0.15) is 44.7 Å². The first-order valence-electron chi connectivity index (χ1n) is 7.28. The lowest BCUT2D eigenvalue weighted by atomic mass is 9.84. The number of esters is 1. The van der Waals surface area contributed by atoms with E-state index in [4.69, 9.17) is 4.74 Å². The minimum atomic E-state index is -0.789. The molecule has 0 N–H and O–H groups in total. The Morgan fingerprint density at radius 2 is 1.76 bits per heavy atom. The van der Waals surface area contributed by atoms with E-state index in [9.17, 15) is 9.59 Å². The molecule has 0 radical (unpaired) electrons. The Kier molecular flexibility index (Phi) is 6.35. The molecule has 0 aromatic heterocycles. The van der Waals surface area contributed by atoms with Crippen molar-refractivity contribution >= 4 is 11.8 Å². The Morgan fingerprint density at radius 3 is 2.24 bits per heavy atom. The lowest BCUT2D eigenvalue weighted by molar-refractivity contribution is -0.151. The van der Waals surface area contributed by atoms with E-state index in [0.717, 1.165) is 16.7 Å². The standard InChI is InChI=1S/C18H24O3/c1-6-21-18(20)17(16(19)11-12(2)3)14(5)15-9-7-13(4)8-10-15/h7-11,14,17H,6H2,1-5H3. The second kappa shape index (κ2) is 7.77. The highest BCUT2D eigenvalue weighted by molar-refractivity contribution is 6.06. The Balaban J connectivity index is 3.10. The van der Waals surface area contributed by atoms with Gasteiger partial charge >= 0.3 is 5.97 Å². The molecule has 2 unspecified atom stereocenters. The van der Waals surface area contributed by atoms with Crippen molar-refractivity contribution in [3.05, 3.63) is 47.0 Å². The molecule has 0 heterocycles. The third-order valence-corrected chi connectivity index (χ3v) is 3.38. The predicted molar refractivity (Wildman–Crippen MR) is 84.2 cm³/mol. The van der Waals surface area contributed by atoms with Crippen molar-refractivity contribution in [1.29, 1.82) is 0 Å². The van der Waals surface area contributed by atoms with Gasteiger partial charge in [0.1, 0.15) is 5.92 Å². The van der Waals surface area contributed by atoms with Crippen LogP contribution in [0.3, 0.4) is 0 Å². The Morgan fingerprint density at radius 1 is 1.19 bits per heavy atom. The zero-order valence-corrected chi connectivity index (χ0v) is 13.5. The number of carbonyl (C=O) groups is 2. The van der Waals surface area contributed by atoms with Crippen LogP contribution in [0.15, 0.2) is 35.9 Å². The fourth-order valence-corrected chi connectivity index (χ4v) is 2.24. The van der Waals surface area contributed by atoms with Crippen molar-refractivity contribution in [3.8, 4) is 0 Å². The van der Waals surface area contributed by atoms with Gasteiger partial charge in [-0.3, -0.25) is 9.59 Å². The van der Waals surface area contributed by atoms with E-state index in [1.54, 1.807) is 6.92 Å². The minimum absolute atomic E-state index is 0.193. The maximum absolute atomic E-state index is 12.4. The molecule has 114 valence electrons. The van der Waals surface area contributed by atoms with Crippen molar-refractivity contribution < 1.29 is 14.3 Å². The maximum Gasteiger partial charge on any atom is 0.317 e. The van der Waals surface area contributed by atoms with Crippen molar-refractivity contribution in [2.24, 2.45) is 5.92 Å². The van der Waals surface area contributed by atoms with Crippen molar-refractivity contribution in [2.75, 3.05) is 6.61 Å². The summed E-state index contributed by atoms with van der Waals surface area (Å²) in [7, 11) is 0. The summed E-state index contributed by atoms with van der Waals surface area (Å²) in [5.74, 6) is -1.65. The van der Waals surface area contributed by atoms with Gasteiger partial charge in [-0.2, -0.15) is 0 Å². The third kappa shape index (κ3) is 4.85. The lowest BCUT2D eigenvalue weighted by Gasteiger charge is -2.21. The van der Waals surface area contributed by atoms with Crippen LogP contribution in [0.5, 0.6) is 0 Å². The summed E-state index contributed by atoms with van der Waals surface area (Å²) in [5, 5.41) is 0. The molecule has 0 saturated carbocycles. The molecule has 1 aromatic rings. The van der Waals surface area contributed by atoms with Gasteiger partial charge in [0.05, 0.1) is 6.61 Å². The van der Waals surface area contributed by atoms with Gasteiger partial charge in [0.2, 0.25) is 0 Å². The van der Waals surface area contributed by atoms with E-state index in [-0.39, 0.29) is 18.3 Å². The Bertz CT molecular complexity index is 522. The van der Waals surface area contributed by atoms with E-state index in [0.29, 0.717) is 0 Å². The summed E-state index contributed by atoms with van der Waals surface area (Å²) in [6.45, 7) is 9.61. The number of aryl methyl sites for hydroxylation is 1. The molecule has 1 aromatic carbocycles. The summed E-state index contributed by atoms with van der Waals surface area (Å²) in [6, 6.07) is 7.89. The fraction of sp³-hybridized carbons (Fsp3) is 0.444. The first-order chi connectivity index (χ1) is 9.86. The van der Waals surface area contributed by atoms with Crippen molar-refractivity contribution in [3.63, 3.8) is 0 Å². The first kappa shape index (κ1) is 17.2. The van der Waals surface area contributed by atoms with Crippen LogP contribution in [0.4, 0.5) is 0 Å². The fourth-order valence-electron chi connectivity index (χ4n) is 2.24. The van der Waals surface area contributed by atoms with Gasteiger partial charge in [0.15, 0.2) is 5.78 Å². The number of benzene rings is 1. The number of carbonyl (C=O) groups excluding carboxylic acids is 2. The molecule has 3 nitrogen and oxygen atoms in total. The van der Waals surface area contributed by atoms with Gasteiger partial charge in [0, 0.05) is 5.92 Å². The number of hydrogen-bond acceptors (Lipinski definition) is 3. The summed E-state index contributed by atoms with van der Waals surface area (Å²) in [6.07, 6.45) is 1.52. The van der Waals surface area contributed by atoms with Gasteiger partial charge in [-0.1, -0.05) is 42.3 Å². The van der Waals surface area contributed by atoms with Crippen LogP contribution in [0, 0.1) is 12.8 Å². The SMILES string of the molecule is CCOC(=O)C(C(=O)C=C(C)C)C(C)c1ccc(C)cc1. The smallest absolute Gasteiger partial charge is 0.317 e. The summed E-state index contributed by atoms with van der Waals surface area (Å²) in [5.41, 5.74) is 2.99. The molecule has 0 spiro atoms. The molecule has 1 rings (SSSR count). The molecule has 21 heavy (non-hydrogen) atoms. The summed E-state index contributed by atoms with van der Waals surface area (Å²) >= 11 is 0. The quantitative estimate of drug-likeness (QED) is 0.454. The molecule has 0 saturated heterocycles. The zero-order chi connectivity index (χ0) is 16.0. The van der Waals surface area contributed by atoms with Crippen LogP contribution < -0.4 is 0 Å². The van der Waals surface area contributed by atoms with Crippen LogP contribution in [0.2, 0.25) is 0 Å². The van der Waals surface area contributed by atoms with Gasteiger partial charge in [-0.25, -0.2) is 0 Å². The summed E-state index contributed by atoms with van der Waals surface area (Å²) < 4.78 is 5.08. The highest BCUT2D eigenvalue weighted by Crippen LogP contribution is 2.27. The zero-order valence-electron chi connectivity index (χ0n) is 13.5. The molecular formula is C18H24O3. The monoisotopic (exact) mass is 288 g/mol. The van der Waals surface area contributed by atoms with E-state index in [1.165, 1.54) is 6.08 Å². The maximum atomic E-state index is 12.4. The van der Waals surface area contributed by atoms with E-state index < -0.39 is 11.9 Å². The molecule has 0 aliphatic heterocycles. The number of ketones is 1. The Hall–Kier alpha value is -1.90. The summed E-state index contributed by atoms with van der Waals surface area (Å²) in [4.78, 5) is 24.6. The van der Waals surface area contributed by atoms with Gasteiger partial charge < -0.3 is 4.74 Å². The first-order valence-corrected chi connectivity index (χ1v) is 7.28. The van der Waals surface area contributed by atoms with E-state index in [2.05, 4.69) is 0 Å². The second-order valence-electron chi connectivity index (χ2n) is 5.55. The normalized spacial score (nSPS) is 13.2. The molecule has 3 heteroatoms. The molecule has 0 aliphatic carbocycles. The molecule has 2 atom stereocenters. The van der Waals surface area contributed by atoms with Crippen molar-refractivity contribution in [2.45, 2.75) is 40.5 Å². The van der Waals surface area contributed by atoms with Gasteiger partial charge in [0.25, 0.3) is 0 Å². The van der Waals surface area contributed by atoms with E-state index in [1.807, 2.05) is 52.0 Å². The topological polar surface area (TPSA) is 43.4 Å². The van der Waals surface area contributed by atoms with E-state index >= 15 is 0 Å². The molecule has 0 aliphatic rings. The lowest BCUT2D eigenvalue weighted by Crippen LogP contribution is -2.30. The van der Waals surface area contributed by atoms with Crippen LogP contribution in [-0.2, 0) is 14.3 Å². The third-order valence-electron chi connectivity index (χ3n) is 3.38. The molecular weight excluding hydrogens is 264 g/mol. The second-order valence-corrected chi connectivity index (χ2v) is 5.55. The largest absolute Gasteiger partial charge is 0.465 e. The molecule has 0 amide bonds. The highest BCUT2D eigenvalue weighted by Gasteiger charge is 2.33. The molecule has 0 fully saturated rings. The average Bonchev–Trinajstić information content (AvgIpc) is 2.38. The molecule has 0 bridgehead atoms. The number of rotatable bonds is 6. The Labute approximate surface area is 127 Å². The number of ether oxygens (including phenoxy) is 1. The van der Waals surface area contributed by atoms with Crippen LogP contribution in [-0.4, -0.2) is 18.4 Å². The average molecular weight is 288 g/mol. The van der Waals surface area contributed by atoms with Gasteiger partial charge in [-0.05, 0) is 39.3 Å². The van der Waals surface area contributed by atoms with Crippen LogP contribution >= 0.6 is 0 Å². The highest BCUT2D eigenvalue weighted by atomic mass is 16.5. The number of hydrogen-bond donors (Lipinski definition) is 0. The number of allylic oxidation sites excluding steroid dienone is 2. The minimum Gasteiger partial charge on any atom is -0.465 e. The van der Waals surface area contributed by atoms with Crippen LogP contribution in [0.25, 0.3) is 0 Å². The predicted octanol–water partition coefficient (Wildman–Crippen LogP) is 3.81. The van der Waals surface area contributed by atoms with Crippen molar-refractivity contribution in [1.82, 2.24) is 0 Å². The van der Waals surface area contributed by atoms with Gasteiger partial charge in [-0.15, -0.1) is 0 Å².